The molecular formula is C24H31ClN2O3. The van der Waals surface area contributed by atoms with Gasteiger partial charge in [0.1, 0.15) is 0 Å². The number of nitrogens with one attached hydrogen (secondary N) is 1. The Hall–Kier alpha value is -2.08. The van der Waals surface area contributed by atoms with Crippen LogP contribution in [0.3, 0.4) is 0 Å². The van der Waals surface area contributed by atoms with Gasteiger partial charge in [-0.05, 0) is 60.2 Å². The molecule has 1 aliphatic rings. The first-order chi connectivity index (χ1) is 14.5. The number of hydrogen-bond acceptors (Lipinski definition) is 4. The van der Waals surface area contributed by atoms with E-state index in [1.807, 2.05) is 31.2 Å². The Balaban J connectivity index is 1.98. The molecule has 2 N–H and O–H groups in total. The minimum atomic E-state index is -0.766. The smallest absolute Gasteiger partial charge is 0.303 e. The number of morpholine rings is 1. The van der Waals surface area contributed by atoms with Crippen LogP contribution < -0.4 is 5.32 Å². The number of nitrogens with zero attached hydrogens (tertiary/aromatic N) is 1. The van der Waals surface area contributed by atoms with Crippen LogP contribution in [0, 0.1) is 0 Å². The van der Waals surface area contributed by atoms with E-state index in [-0.39, 0.29) is 18.4 Å². The van der Waals surface area contributed by atoms with E-state index < -0.39 is 5.97 Å². The average Bonchev–Trinajstić information content (AvgIpc) is 2.76. The Morgan fingerprint density at radius 1 is 1.13 bits per heavy atom. The van der Waals surface area contributed by atoms with E-state index >= 15 is 0 Å². The van der Waals surface area contributed by atoms with Gasteiger partial charge in [0, 0.05) is 35.5 Å². The molecule has 2 atom stereocenters. The Morgan fingerprint density at radius 3 is 2.43 bits per heavy atom. The lowest BCUT2D eigenvalue weighted by molar-refractivity contribution is -0.137. The summed E-state index contributed by atoms with van der Waals surface area (Å²) in [5, 5.41) is 13.6. The summed E-state index contributed by atoms with van der Waals surface area (Å²) in [4.78, 5) is 13.8. The van der Waals surface area contributed by atoms with Crippen LogP contribution in [-0.4, -0.2) is 42.3 Å². The third-order valence-electron chi connectivity index (χ3n) is 5.82. The number of benzene rings is 2. The lowest BCUT2D eigenvalue weighted by atomic mass is 9.90. The molecule has 0 saturated carbocycles. The molecule has 1 unspecified atom stereocenters. The molecule has 1 heterocycles. The van der Waals surface area contributed by atoms with Gasteiger partial charge < -0.3 is 15.2 Å². The zero-order chi connectivity index (χ0) is 21.5. The van der Waals surface area contributed by atoms with Gasteiger partial charge in [0.05, 0.1) is 19.6 Å². The molecule has 1 aliphatic heterocycles. The van der Waals surface area contributed by atoms with E-state index in [1.54, 1.807) is 0 Å². The number of hydrogen-bond donors (Lipinski definition) is 2. The maximum absolute atomic E-state index is 11.3. The number of ether oxygens (including phenoxy) is 1. The van der Waals surface area contributed by atoms with Crippen molar-refractivity contribution in [2.24, 2.45) is 0 Å². The van der Waals surface area contributed by atoms with Crippen molar-refractivity contribution in [1.29, 1.82) is 0 Å². The maximum Gasteiger partial charge on any atom is 0.303 e. The van der Waals surface area contributed by atoms with Crippen LogP contribution in [-0.2, 0) is 9.53 Å². The molecule has 0 aromatic heterocycles. The van der Waals surface area contributed by atoms with Gasteiger partial charge in [0.15, 0.2) is 0 Å². The molecule has 1 saturated heterocycles. The minimum absolute atomic E-state index is 0.00854. The quantitative estimate of drug-likeness (QED) is 0.523. The second-order valence-electron chi connectivity index (χ2n) is 7.75. The van der Waals surface area contributed by atoms with Crippen molar-refractivity contribution < 1.29 is 14.6 Å². The monoisotopic (exact) mass is 430 g/mol. The normalized spacial score (nSPS) is 16.8. The summed E-state index contributed by atoms with van der Waals surface area (Å²) in [7, 11) is 0. The van der Waals surface area contributed by atoms with Crippen molar-refractivity contribution in [3.05, 3.63) is 58.6 Å². The molecule has 0 bridgehead atoms. The highest BCUT2D eigenvalue weighted by molar-refractivity contribution is 6.30. The second-order valence-corrected chi connectivity index (χ2v) is 8.19. The molecule has 0 aliphatic carbocycles. The molecule has 0 spiro atoms. The summed E-state index contributed by atoms with van der Waals surface area (Å²) in [5.41, 5.74) is 4.26. The summed E-state index contributed by atoms with van der Waals surface area (Å²) in [5.74, 6) is -0.774. The fourth-order valence-electron chi connectivity index (χ4n) is 4.19. The highest BCUT2D eigenvalue weighted by Gasteiger charge is 2.24. The molecular weight excluding hydrogens is 400 g/mol. The van der Waals surface area contributed by atoms with Gasteiger partial charge in [-0.1, -0.05) is 37.6 Å². The van der Waals surface area contributed by atoms with Crippen LogP contribution in [0.2, 0.25) is 5.02 Å². The molecule has 162 valence electrons. The Labute approximate surface area is 184 Å². The van der Waals surface area contributed by atoms with Crippen LogP contribution in [0.4, 0.5) is 11.4 Å². The number of anilines is 2. The predicted molar refractivity (Wildman–Crippen MR) is 122 cm³/mol. The van der Waals surface area contributed by atoms with Crippen LogP contribution in [0.1, 0.15) is 56.2 Å². The van der Waals surface area contributed by atoms with Gasteiger partial charge in [-0.25, -0.2) is 0 Å². The lowest BCUT2D eigenvalue weighted by Gasteiger charge is -2.35. The van der Waals surface area contributed by atoms with E-state index in [0.29, 0.717) is 5.02 Å². The van der Waals surface area contributed by atoms with Crippen molar-refractivity contribution in [3.63, 3.8) is 0 Å². The summed E-state index contributed by atoms with van der Waals surface area (Å²) < 4.78 is 5.54. The Morgan fingerprint density at radius 2 is 1.83 bits per heavy atom. The second kappa shape index (κ2) is 10.8. The summed E-state index contributed by atoms with van der Waals surface area (Å²) in [6.45, 7) is 7.58. The zero-order valence-electron chi connectivity index (χ0n) is 17.7. The first-order valence-electron chi connectivity index (χ1n) is 10.7. The molecule has 30 heavy (non-hydrogen) atoms. The van der Waals surface area contributed by atoms with Crippen molar-refractivity contribution in [2.45, 2.75) is 45.1 Å². The highest BCUT2D eigenvalue weighted by Crippen LogP contribution is 2.36. The standard InChI is InChI=1S/C24H31ClN2O3/c1-3-17(16-24(28)29)18-5-10-21(23(4-2)27-11-13-30-14-12-27)22(15-18)26-20-8-6-19(25)7-9-20/h5-10,15,17,23,26H,3-4,11-14,16H2,1-2H3,(H,28,29)/t17?,23-/m1/s1. The maximum atomic E-state index is 11.3. The van der Waals surface area contributed by atoms with E-state index in [9.17, 15) is 9.90 Å². The average molecular weight is 431 g/mol. The van der Waals surface area contributed by atoms with E-state index in [1.165, 1.54) is 5.56 Å². The van der Waals surface area contributed by atoms with Gasteiger partial charge in [-0.2, -0.15) is 0 Å². The highest BCUT2D eigenvalue weighted by atomic mass is 35.5. The zero-order valence-corrected chi connectivity index (χ0v) is 18.5. The summed E-state index contributed by atoms with van der Waals surface area (Å²) >= 11 is 6.05. The topological polar surface area (TPSA) is 61.8 Å². The van der Waals surface area contributed by atoms with Crippen molar-refractivity contribution in [3.8, 4) is 0 Å². The van der Waals surface area contributed by atoms with E-state index in [4.69, 9.17) is 16.3 Å². The molecule has 5 nitrogen and oxygen atoms in total. The van der Waals surface area contributed by atoms with Crippen LogP contribution in [0.25, 0.3) is 0 Å². The number of carboxylic acid groups (broad SMARTS) is 1. The van der Waals surface area contributed by atoms with E-state index in [2.05, 4.69) is 35.3 Å². The van der Waals surface area contributed by atoms with Gasteiger partial charge in [-0.15, -0.1) is 0 Å². The molecule has 0 radical (unpaired) electrons. The molecule has 2 aromatic carbocycles. The van der Waals surface area contributed by atoms with Crippen LogP contribution >= 0.6 is 11.6 Å². The van der Waals surface area contributed by atoms with E-state index in [0.717, 1.165) is 56.1 Å². The summed E-state index contributed by atoms with van der Waals surface area (Å²) in [6.07, 6.45) is 1.91. The lowest BCUT2D eigenvalue weighted by Crippen LogP contribution is -2.39. The van der Waals surface area contributed by atoms with Crippen LogP contribution in [0.5, 0.6) is 0 Å². The first kappa shape index (κ1) is 22.6. The Bertz CT molecular complexity index is 835. The number of halogens is 1. The van der Waals surface area contributed by atoms with Crippen molar-refractivity contribution in [2.75, 3.05) is 31.6 Å². The molecule has 3 rings (SSSR count). The summed E-state index contributed by atoms with van der Waals surface area (Å²) in [6, 6.07) is 14.3. The molecule has 2 aromatic rings. The first-order valence-corrected chi connectivity index (χ1v) is 11.1. The molecule has 6 heteroatoms. The van der Waals surface area contributed by atoms with Gasteiger partial charge >= 0.3 is 5.97 Å². The van der Waals surface area contributed by atoms with Gasteiger partial charge in [-0.3, -0.25) is 9.69 Å². The van der Waals surface area contributed by atoms with Crippen LogP contribution in [0.15, 0.2) is 42.5 Å². The SMILES string of the molecule is CCC(CC(=O)O)c1ccc([C@@H](CC)N2CCOCC2)c(Nc2ccc(Cl)cc2)c1. The van der Waals surface area contributed by atoms with Gasteiger partial charge in [0.25, 0.3) is 0 Å². The fourth-order valence-corrected chi connectivity index (χ4v) is 4.31. The fraction of sp³-hybridized carbons (Fsp3) is 0.458. The number of rotatable bonds is 9. The van der Waals surface area contributed by atoms with Crippen molar-refractivity contribution in [1.82, 2.24) is 4.90 Å². The number of carbonyl (C=O) groups is 1. The third-order valence-corrected chi connectivity index (χ3v) is 6.07. The van der Waals surface area contributed by atoms with Crippen molar-refractivity contribution >= 4 is 28.9 Å². The largest absolute Gasteiger partial charge is 0.481 e. The minimum Gasteiger partial charge on any atom is -0.481 e. The third kappa shape index (κ3) is 5.75. The number of carboxylic acids is 1. The number of aliphatic carboxylic acids is 1. The molecule has 0 amide bonds. The van der Waals surface area contributed by atoms with Gasteiger partial charge in [0.2, 0.25) is 0 Å². The predicted octanol–water partition coefficient (Wildman–Crippen LogP) is 5.84. The Kier molecular flexibility index (Phi) is 8.14. The molecule has 1 fully saturated rings.